The van der Waals surface area contributed by atoms with Crippen LogP contribution in [0.5, 0.6) is 5.75 Å². The Morgan fingerprint density at radius 2 is 2.24 bits per heavy atom. The van der Waals surface area contributed by atoms with Crippen LogP contribution in [-0.4, -0.2) is 23.4 Å². The molecule has 0 saturated heterocycles. The van der Waals surface area contributed by atoms with E-state index in [1.54, 1.807) is 30.1 Å². The first-order valence-electron chi connectivity index (χ1n) is 6.82. The van der Waals surface area contributed by atoms with E-state index in [2.05, 4.69) is 17.3 Å². The Labute approximate surface area is 128 Å². The molecule has 1 N–H and O–H groups in total. The van der Waals surface area contributed by atoms with Gasteiger partial charge >= 0.3 is 0 Å². The normalized spacial score (nSPS) is 12.4. The molecule has 0 aliphatic heterocycles. The summed E-state index contributed by atoms with van der Waals surface area (Å²) in [6.07, 6.45) is 2.65. The minimum atomic E-state index is -0.424. The predicted molar refractivity (Wildman–Crippen MR) is 81.3 cm³/mol. The van der Waals surface area contributed by atoms with Gasteiger partial charge in [-0.1, -0.05) is 24.6 Å². The molecule has 1 aromatic carbocycles. The van der Waals surface area contributed by atoms with Crippen LogP contribution in [0.1, 0.15) is 30.6 Å². The quantitative estimate of drug-likeness (QED) is 0.889. The number of hydrogen-bond donors (Lipinski definition) is 1. The first-order valence-corrected chi connectivity index (χ1v) is 7.20. The number of benzene rings is 1. The van der Waals surface area contributed by atoms with Gasteiger partial charge in [-0.15, -0.1) is 0 Å². The van der Waals surface area contributed by atoms with Gasteiger partial charge in [0.2, 0.25) is 0 Å². The summed E-state index contributed by atoms with van der Waals surface area (Å²) in [6, 6.07) is 4.57. The highest BCUT2D eigenvalue weighted by Crippen LogP contribution is 2.31. The Hall–Kier alpha value is -1.59. The second kappa shape index (κ2) is 6.91. The van der Waals surface area contributed by atoms with Gasteiger partial charge in [-0.2, -0.15) is 5.10 Å². The Bertz CT molecular complexity index is 615. The maximum atomic E-state index is 13.4. The highest BCUT2D eigenvalue weighted by Gasteiger charge is 2.22. The molecule has 0 radical (unpaired) electrons. The molecule has 0 aliphatic carbocycles. The lowest BCUT2D eigenvalue weighted by Gasteiger charge is -2.21. The molecule has 0 amide bonds. The van der Waals surface area contributed by atoms with Crippen LogP contribution in [0.15, 0.2) is 24.4 Å². The van der Waals surface area contributed by atoms with Crippen molar-refractivity contribution in [3.63, 3.8) is 0 Å². The monoisotopic (exact) mass is 311 g/mol. The first-order chi connectivity index (χ1) is 10.1. The van der Waals surface area contributed by atoms with Crippen LogP contribution in [0, 0.1) is 5.82 Å². The van der Waals surface area contributed by atoms with Gasteiger partial charge in [0.15, 0.2) is 5.75 Å². The fourth-order valence-corrected chi connectivity index (χ4v) is 2.46. The molecule has 4 nitrogen and oxygen atoms in total. The minimum absolute atomic E-state index is 0.108. The molecular formula is C15H19ClFN3O. The number of halogens is 2. The fourth-order valence-electron chi connectivity index (χ4n) is 2.27. The van der Waals surface area contributed by atoms with E-state index >= 15 is 0 Å². The number of nitrogens with zero attached hydrogens (tertiary/aromatic N) is 2. The second-order valence-corrected chi connectivity index (χ2v) is 5.19. The molecular weight excluding hydrogens is 293 g/mol. The van der Waals surface area contributed by atoms with Crippen molar-refractivity contribution in [3.8, 4) is 5.75 Å². The Balaban J connectivity index is 2.46. The van der Waals surface area contributed by atoms with Gasteiger partial charge in [-0.05, 0) is 30.7 Å². The van der Waals surface area contributed by atoms with E-state index in [-0.39, 0.29) is 11.1 Å². The highest BCUT2D eigenvalue weighted by atomic mass is 35.5. The van der Waals surface area contributed by atoms with Gasteiger partial charge in [-0.3, -0.25) is 4.68 Å². The Morgan fingerprint density at radius 3 is 2.86 bits per heavy atom. The Kier molecular flexibility index (Phi) is 5.20. The zero-order valence-corrected chi connectivity index (χ0v) is 13.1. The fraction of sp³-hybridized carbons (Fsp3) is 0.400. The van der Waals surface area contributed by atoms with E-state index in [0.717, 1.165) is 24.2 Å². The van der Waals surface area contributed by atoms with Crippen LogP contribution in [0.25, 0.3) is 0 Å². The van der Waals surface area contributed by atoms with Gasteiger partial charge in [0.25, 0.3) is 0 Å². The minimum Gasteiger partial charge on any atom is -0.493 e. The molecule has 1 unspecified atom stereocenters. The molecule has 114 valence electrons. The molecule has 21 heavy (non-hydrogen) atoms. The number of methoxy groups -OCH3 is 1. The molecule has 1 aromatic heterocycles. The standard InChI is InChI=1S/C15H19ClFN3O/c1-4-7-18-14(10-5-6-12(17)11(16)8-10)15-13(21-3)9-19-20(15)2/h5-6,8-9,14,18H,4,7H2,1-3H3. The lowest BCUT2D eigenvalue weighted by atomic mass is 10.0. The van der Waals surface area contributed by atoms with Gasteiger partial charge in [0.1, 0.15) is 11.5 Å². The molecule has 1 atom stereocenters. The van der Waals surface area contributed by atoms with Crippen molar-refractivity contribution in [2.45, 2.75) is 19.4 Å². The maximum Gasteiger partial charge on any atom is 0.161 e. The van der Waals surface area contributed by atoms with Gasteiger partial charge in [0, 0.05) is 7.05 Å². The summed E-state index contributed by atoms with van der Waals surface area (Å²) in [4.78, 5) is 0. The summed E-state index contributed by atoms with van der Waals surface area (Å²) in [7, 11) is 3.46. The van der Waals surface area contributed by atoms with Crippen molar-refractivity contribution >= 4 is 11.6 Å². The van der Waals surface area contributed by atoms with Crippen molar-refractivity contribution in [2.24, 2.45) is 7.05 Å². The summed E-state index contributed by atoms with van der Waals surface area (Å²) in [5, 5.41) is 7.76. The van der Waals surface area contributed by atoms with Crippen LogP contribution in [0.4, 0.5) is 4.39 Å². The van der Waals surface area contributed by atoms with Crippen LogP contribution < -0.4 is 10.1 Å². The third kappa shape index (κ3) is 3.36. The second-order valence-electron chi connectivity index (χ2n) is 4.78. The molecule has 6 heteroatoms. The van der Waals surface area contributed by atoms with Crippen LogP contribution in [-0.2, 0) is 7.05 Å². The van der Waals surface area contributed by atoms with E-state index < -0.39 is 5.82 Å². The summed E-state index contributed by atoms with van der Waals surface area (Å²) < 4.78 is 20.5. The lowest BCUT2D eigenvalue weighted by molar-refractivity contribution is 0.400. The number of aromatic nitrogens is 2. The van der Waals surface area contributed by atoms with Crippen LogP contribution in [0.3, 0.4) is 0 Å². The number of ether oxygens (including phenoxy) is 1. The van der Waals surface area contributed by atoms with E-state index in [9.17, 15) is 4.39 Å². The summed E-state index contributed by atoms with van der Waals surface area (Å²) in [5.74, 6) is 0.262. The topological polar surface area (TPSA) is 39.1 Å². The maximum absolute atomic E-state index is 13.4. The third-order valence-electron chi connectivity index (χ3n) is 3.32. The Morgan fingerprint density at radius 1 is 1.48 bits per heavy atom. The molecule has 0 spiro atoms. The first kappa shape index (κ1) is 15.8. The van der Waals surface area contributed by atoms with E-state index in [1.165, 1.54) is 6.07 Å². The summed E-state index contributed by atoms with van der Waals surface area (Å²) >= 11 is 5.91. The number of nitrogens with one attached hydrogen (secondary N) is 1. The molecule has 2 aromatic rings. The van der Waals surface area contributed by atoms with Crippen molar-refractivity contribution < 1.29 is 9.13 Å². The lowest BCUT2D eigenvalue weighted by Crippen LogP contribution is -2.25. The van der Waals surface area contributed by atoms with Crippen molar-refractivity contribution in [2.75, 3.05) is 13.7 Å². The average molecular weight is 312 g/mol. The van der Waals surface area contributed by atoms with E-state index in [0.29, 0.717) is 5.75 Å². The number of hydrogen-bond acceptors (Lipinski definition) is 3. The van der Waals surface area contributed by atoms with Crippen LogP contribution >= 0.6 is 11.6 Å². The number of aryl methyl sites for hydroxylation is 1. The van der Waals surface area contributed by atoms with Crippen molar-refractivity contribution in [1.29, 1.82) is 0 Å². The molecule has 0 saturated carbocycles. The van der Waals surface area contributed by atoms with Crippen molar-refractivity contribution in [1.82, 2.24) is 15.1 Å². The van der Waals surface area contributed by atoms with E-state index in [4.69, 9.17) is 16.3 Å². The molecule has 1 heterocycles. The van der Waals surface area contributed by atoms with Crippen molar-refractivity contribution in [3.05, 3.63) is 46.5 Å². The zero-order chi connectivity index (χ0) is 15.4. The predicted octanol–water partition coefficient (Wildman–Crippen LogP) is 3.31. The van der Waals surface area contributed by atoms with Gasteiger partial charge < -0.3 is 10.1 Å². The molecule has 0 fully saturated rings. The SMILES string of the molecule is CCCNC(c1ccc(F)c(Cl)c1)c1c(OC)cnn1C. The average Bonchev–Trinajstić information content (AvgIpc) is 2.84. The van der Waals surface area contributed by atoms with Gasteiger partial charge in [-0.25, -0.2) is 4.39 Å². The summed E-state index contributed by atoms with van der Waals surface area (Å²) in [6.45, 7) is 2.90. The highest BCUT2D eigenvalue weighted by molar-refractivity contribution is 6.30. The van der Waals surface area contributed by atoms with Gasteiger partial charge in [0.05, 0.1) is 24.4 Å². The number of rotatable bonds is 6. The molecule has 0 aliphatic rings. The zero-order valence-electron chi connectivity index (χ0n) is 12.4. The molecule has 0 bridgehead atoms. The molecule has 2 rings (SSSR count). The smallest absolute Gasteiger partial charge is 0.161 e. The largest absolute Gasteiger partial charge is 0.493 e. The third-order valence-corrected chi connectivity index (χ3v) is 3.61. The van der Waals surface area contributed by atoms with E-state index in [1.807, 2.05) is 7.05 Å². The summed E-state index contributed by atoms with van der Waals surface area (Å²) in [5.41, 5.74) is 1.75. The van der Waals surface area contributed by atoms with Crippen LogP contribution in [0.2, 0.25) is 5.02 Å².